The van der Waals surface area contributed by atoms with E-state index < -0.39 is 0 Å². The minimum absolute atomic E-state index is 0.164. The molecule has 2 heteroatoms. The van der Waals surface area contributed by atoms with Gasteiger partial charge in [0.25, 0.3) is 0 Å². The maximum atomic E-state index is 5.51. The van der Waals surface area contributed by atoms with Crippen LogP contribution in [-0.4, -0.2) is 19.6 Å². The number of hydrogen-bond acceptors (Lipinski definition) is 2. The van der Waals surface area contributed by atoms with Crippen molar-refractivity contribution in [3.8, 4) is 0 Å². The highest BCUT2D eigenvalue weighted by molar-refractivity contribution is 5.40. The minimum atomic E-state index is 0.164. The third-order valence-corrected chi connectivity index (χ3v) is 3.69. The normalized spacial score (nSPS) is 11.9. The van der Waals surface area contributed by atoms with Crippen molar-refractivity contribution in [1.82, 2.24) is 5.32 Å². The zero-order chi connectivity index (χ0) is 13.8. The Morgan fingerprint density at radius 2 is 1.67 bits per heavy atom. The van der Waals surface area contributed by atoms with Crippen LogP contribution >= 0.6 is 0 Å². The molecule has 18 heavy (non-hydrogen) atoms. The Morgan fingerprint density at radius 3 is 2.28 bits per heavy atom. The maximum Gasteiger partial charge on any atom is 0.00432 e. The Kier molecular flexibility index (Phi) is 5.36. The first-order chi connectivity index (χ1) is 8.38. The molecular weight excluding hydrogens is 220 g/mol. The molecule has 3 N–H and O–H groups in total. The fourth-order valence-electron chi connectivity index (χ4n) is 2.41. The van der Waals surface area contributed by atoms with Gasteiger partial charge in [-0.25, -0.2) is 0 Å². The van der Waals surface area contributed by atoms with Crippen LogP contribution in [0, 0.1) is 20.8 Å². The van der Waals surface area contributed by atoms with Crippen molar-refractivity contribution in [3.05, 3.63) is 34.4 Å². The summed E-state index contributed by atoms with van der Waals surface area (Å²) in [5, 5.41) is 3.51. The topological polar surface area (TPSA) is 38.0 Å². The van der Waals surface area contributed by atoms with Gasteiger partial charge in [-0.05, 0) is 62.5 Å². The second kappa shape index (κ2) is 6.35. The van der Waals surface area contributed by atoms with Gasteiger partial charge in [-0.1, -0.05) is 26.0 Å². The van der Waals surface area contributed by atoms with Gasteiger partial charge in [-0.2, -0.15) is 0 Å². The molecule has 0 atom stereocenters. The van der Waals surface area contributed by atoms with Gasteiger partial charge in [0.15, 0.2) is 0 Å². The van der Waals surface area contributed by atoms with E-state index in [0.717, 1.165) is 26.1 Å². The molecule has 0 aliphatic carbocycles. The van der Waals surface area contributed by atoms with Gasteiger partial charge >= 0.3 is 0 Å². The number of nitrogens with two attached hydrogens (primary N) is 1. The maximum absolute atomic E-state index is 5.51. The standard InChI is InChI=1S/C16H28N2/c1-12-9-14(3)15(10-13(12)2)16(4,5)11-18-8-6-7-17/h9-10,18H,6-8,11,17H2,1-5H3. The lowest BCUT2D eigenvalue weighted by molar-refractivity contribution is 0.465. The van der Waals surface area contributed by atoms with Crippen LogP contribution in [0.15, 0.2) is 12.1 Å². The summed E-state index contributed by atoms with van der Waals surface area (Å²) in [6.45, 7) is 14.0. The Hall–Kier alpha value is -0.860. The molecule has 2 nitrogen and oxygen atoms in total. The zero-order valence-electron chi connectivity index (χ0n) is 12.6. The van der Waals surface area contributed by atoms with Crippen LogP contribution in [0.5, 0.6) is 0 Å². The van der Waals surface area contributed by atoms with E-state index in [-0.39, 0.29) is 5.41 Å². The predicted molar refractivity (Wildman–Crippen MR) is 80.2 cm³/mol. The fraction of sp³-hybridized carbons (Fsp3) is 0.625. The summed E-state index contributed by atoms with van der Waals surface area (Å²) in [6.07, 6.45) is 1.04. The molecule has 0 aliphatic rings. The number of rotatable bonds is 6. The van der Waals surface area contributed by atoms with Crippen LogP contribution in [-0.2, 0) is 5.41 Å². The highest BCUT2D eigenvalue weighted by Crippen LogP contribution is 2.28. The van der Waals surface area contributed by atoms with Crippen LogP contribution in [0.3, 0.4) is 0 Å². The van der Waals surface area contributed by atoms with Crippen LogP contribution in [0.25, 0.3) is 0 Å². The summed E-state index contributed by atoms with van der Waals surface area (Å²) in [5.74, 6) is 0. The number of aryl methyl sites for hydroxylation is 3. The average Bonchev–Trinajstić information content (AvgIpc) is 2.29. The second-order valence-corrected chi connectivity index (χ2v) is 5.95. The van der Waals surface area contributed by atoms with Gasteiger partial charge in [0.1, 0.15) is 0 Å². The van der Waals surface area contributed by atoms with Gasteiger partial charge in [0.05, 0.1) is 0 Å². The van der Waals surface area contributed by atoms with Crippen molar-refractivity contribution in [2.75, 3.05) is 19.6 Å². The molecule has 102 valence electrons. The van der Waals surface area contributed by atoms with Gasteiger partial charge in [-0.3, -0.25) is 0 Å². The summed E-state index contributed by atoms with van der Waals surface area (Å²) in [6, 6.07) is 4.64. The number of benzene rings is 1. The van der Waals surface area contributed by atoms with Crippen molar-refractivity contribution in [3.63, 3.8) is 0 Å². The second-order valence-electron chi connectivity index (χ2n) is 5.95. The molecule has 0 fully saturated rings. The highest BCUT2D eigenvalue weighted by atomic mass is 14.9. The largest absolute Gasteiger partial charge is 0.330 e. The van der Waals surface area contributed by atoms with Gasteiger partial charge in [-0.15, -0.1) is 0 Å². The van der Waals surface area contributed by atoms with Crippen LogP contribution in [0.1, 0.15) is 42.5 Å². The molecule has 1 rings (SSSR count). The molecule has 1 aromatic carbocycles. The Labute approximate surface area is 112 Å². The molecule has 1 aromatic rings. The third kappa shape index (κ3) is 3.82. The molecule has 0 unspecified atom stereocenters. The molecule has 0 amide bonds. The van der Waals surface area contributed by atoms with Gasteiger partial charge in [0, 0.05) is 12.0 Å². The lowest BCUT2D eigenvalue weighted by atomic mass is 9.80. The smallest absolute Gasteiger partial charge is 0.00432 e. The van der Waals surface area contributed by atoms with E-state index in [1.54, 1.807) is 0 Å². The fourth-order valence-corrected chi connectivity index (χ4v) is 2.41. The van der Waals surface area contributed by atoms with E-state index in [4.69, 9.17) is 5.73 Å². The number of nitrogens with one attached hydrogen (secondary N) is 1. The minimum Gasteiger partial charge on any atom is -0.330 e. The predicted octanol–water partition coefficient (Wildman–Crippen LogP) is 2.83. The van der Waals surface area contributed by atoms with E-state index in [1.807, 2.05) is 0 Å². The quantitative estimate of drug-likeness (QED) is 0.760. The Morgan fingerprint density at radius 1 is 1.06 bits per heavy atom. The van der Waals surface area contributed by atoms with Crippen LogP contribution in [0.4, 0.5) is 0 Å². The van der Waals surface area contributed by atoms with Crippen LogP contribution < -0.4 is 11.1 Å². The molecule has 0 heterocycles. The lowest BCUT2D eigenvalue weighted by Gasteiger charge is -2.28. The van der Waals surface area contributed by atoms with Gasteiger partial charge < -0.3 is 11.1 Å². The van der Waals surface area contributed by atoms with Crippen molar-refractivity contribution < 1.29 is 0 Å². The molecule has 0 aromatic heterocycles. The Balaban J connectivity index is 2.80. The summed E-state index contributed by atoms with van der Waals surface area (Å²) >= 11 is 0. The molecule has 0 saturated heterocycles. The first-order valence-electron chi connectivity index (χ1n) is 6.87. The molecule has 0 spiro atoms. The van der Waals surface area contributed by atoms with Crippen molar-refractivity contribution in [2.45, 2.75) is 46.5 Å². The average molecular weight is 248 g/mol. The molecule has 0 saturated carbocycles. The summed E-state index contributed by atoms with van der Waals surface area (Å²) < 4.78 is 0. The lowest BCUT2D eigenvalue weighted by Crippen LogP contribution is -2.34. The van der Waals surface area contributed by atoms with E-state index in [9.17, 15) is 0 Å². The van der Waals surface area contributed by atoms with Crippen molar-refractivity contribution in [1.29, 1.82) is 0 Å². The van der Waals surface area contributed by atoms with Crippen LogP contribution in [0.2, 0.25) is 0 Å². The van der Waals surface area contributed by atoms with E-state index in [0.29, 0.717) is 0 Å². The summed E-state index contributed by atoms with van der Waals surface area (Å²) in [5.41, 5.74) is 11.3. The monoisotopic (exact) mass is 248 g/mol. The molecule has 0 bridgehead atoms. The van der Waals surface area contributed by atoms with E-state index in [1.165, 1.54) is 22.3 Å². The Bertz CT molecular complexity index is 394. The van der Waals surface area contributed by atoms with Crippen molar-refractivity contribution in [2.24, 2.45) is 5.73 Å². The SMILES string of the molecule is Cc1cc(C)c(C(C)(C)CNCCCN)cc1C. The summed E-state index contributed by atoms with van der Waals surface area (Å²) in [4.78, 5) is 0. The first kappa shape index (κ1) is 15.2. The zero-order valence-corrected chi connectivity index (χ0v) is 12.6. The van der Waals surface area contributed by atoms with Crippen molar-refractivity contribution >= 4 is 0 Å². The van der Waals surface area contributed by atoms with E-state index >= 15 is 0 Å². The first-order valence-corrected chi connectivity index (χ1v) is 6.87. The number of hydrogen-bond donors (Lipinski definition) is 2. The molecule has 0 radical (unpaired) electrons. The molecular formula is C16H28N2. The van der Waals surface area contributed by atoms with E-state index in [2.05, 4.69) is 52.1 Å². The highest BCUT2D eigenvalue weighted by Gasteiger charge is 2.22. The molecule has 0 aliphatic heterocycles. The summed E-state index contributed by atoms with van der Waals surface area (Å²) in [7, 11) is 0. The third-order valence-electron chi connectivity index (χ3n) is 3.69. The van der Waals surface area contributed by atoms with Gasteiger partial charge in [0.2, 0.25) is 0 Å².